The lowest BCUT2D eigenvalue weighted by Crippen LogP contribution is -2.26. The van der Waals surface area contributed by atoms with E-state index in [-0.39, 0.29) is 0 Å². The van der Waals surface area contributed by atoms with E-state index in [2.05, 4.69) is 56.4 Å². The molecule has 1 aromatic carbocycles. The van der Waals surface area contributed by atoms with E-state index in [1.54, 1.807) is 0 Å². The Bertz CT molecular complexity index is 305. The van der Waals surface area contributed by atoms with Crippen LogP contribution in [0, 0.1) is 11.8 Å². The monoisotopic (exact) mass is 261 g/mol. The average Bonchev–Trinajstić information content (AvgIpc) is 2.39. The normalized spacial score (nSPS) is 12.8. The summed E-state index contributed by atoms with van der Waals surface area (Å²) < 4.78 is 0. The van der Waals surface area contributed by atoms with Crippen molar-refractivity contribution in [3.63, 3.8) is 0 Å². The Hall–Kier alpha value is -0.820. The van der Waals surface area contributed by atoms with Crippen molar-refractivity contribution in [1.82, 2.24) is 5.32 Å². The maximum Gasteiger partial charge on any atom is -0.00204 e. The Morgan fingerprint density at radius 1 is 1.00 bits per heavy atom. The Labute approximate surface area is 119 Å². The summed E-state index contributed by atoms with van der Waals surface area (Å²) in [5.41, 5.74) is 1.48. The fourth-order valence-corrected chi connectivity index (χ4v) is 2.57. The number of hydrogen-bond donors (Lipinski definition) is 1. The number of benzene rings is 1. The van der Waals surface area contributed by atoms with E-state index >= 15 is 0 Å². The molecule has 1 rings (SSSR count). The molecule has 1 unspecified atom stereocenters. The van der Waals surface area contributed by atoms with Crippen molar-refractivity contribution in [2.75, 3.05) is 13.1 Å². The van der Waals surface area contributed by atoms with Crippen molar-refractivity contribution in [1.29, 1.82) is 0 Å². The minimum Gasteiger partial charge on any atom is -0.316 e. The fraction of sp³-hybridized carbons (Fsp3) is 0.667. The summed E-state index contributed by atoms with van der Waals surface area (Å²) >= 11 is 0. The molecule has 0 heterocycles. The highest BCUT2D eigenvalue weighted by atomic mass is 14.9. The first-order valence-corrected chi connectivity index (χ1v) is 7.97. The number of hydrogen-bond acceptors (Lipinski definition) is 1. The van der Waals surface area contributed by atoms with Crippen LogP contribution in [0.3, 0.4) is 0 Å². The fourth-order valence-electron chi connectivity index (χ4n) is 2.57. The van der Waals surface area contributed by atoms with Gasteiger partial charge in [0.05, 0.1) is 0 Å². The van der Waals surface area contributed by atoms with Crippen LogP contribution in [-0.4, -0.2) is 13.1 Å². The summed E-state index contributed by atoms with van der Waals surface area (Å²) in [6.07, 6.45) is 6.57. The summed E-state index contributed by atoms with van der Waals surface area (Å²) in [6, 6.07) is 10.9. The first-order chi connectivity index (χ1) is 9.22. The van der Waals surface area contributed by atoms with Crippen LogP contribution in [0.15, 0.2) is 30.3 Å². The molecule has 0 bridgehead atoms. The zero-order valence-corrected chi connectivity index (χ0v) is 13.0. The first-order valence-electron chi connectivity index (χ1n) is 7.97. The molecule has 0 aliphatic heterocycles. The lowest BCUT2D eigenvalue weighted by atomic mass is 9.95. The molecule has 0 saturated heterocycles. The van der Waals surface area contributed by atoms with Gasteiger partial charge >= 0.3 is 0 Å². The van der Waals surface area contributed by atoms with Crippen molar-refractivity contribution < 1.29 is 0 Å². The third kappa shape index (κ3) is 8.05. The SMILES string of the molecule is CCCC(CCCc1ccccc1)CNCC(C)C. The van der Waals surface area contributed by atoms with E-state index in [9.17, 15) is 0 Å². The molecule has 1 atom stereocenters. The van der Waals surface area contributed by atoms with E-state index in [1.807, 2.05) is 0 Å². The van der Waals surface area contributed by atoms with E-state index in [0.29, 0.717) is 0 Å². The standard InChI is InChI=1S/C18H31N/c1-4-9-18(15-19-14-16(2)3)13-8-12-17-10-6-5-7-11-17/h5-7,10-11,16,18-19H,4,8-9,12-15H2,1-3H3. The predicted molar refractivity (Wildman–Crippen MR) is 85.5 cm³/mol. The minimum atomic E-state index is 0.756. The van der Waals surface area contributed by atoms with Crippen LogP contribution in [-0.2, 0) is 6.42 Å². The third-order valence-corrected chi connectivity index (χ3v) is 3.60. The molecular weight excluding hydrogens is 230 g/mol. The molecule has 1 aromatic rings. The molecule has 1 N–H and O–H groups in total. The first kappa shape index (κ1) is 16.2. The Morgan fingerprint density at radius 2 is 1.74 bits per heavy atom. The summed E-state index contributed by atoms with van der Waals surface area (Å²) in [4.78, 5) is 0. The van der Waals surface area contributed by atoms with Crippen LogP contribution in [0.1, 0.15) is 52.0 Å². The second kappa shape index (κ2) is 10.0. The molecule has 0 radical (unpaired) electrons. The van der Waals surface area contributed by atoms with Crippen molar-refractivity contribution in [3.05, 3.63) is 35.9 Å². The van der Waals surface area contributed by atoms with Gasteiger partial charge in [0.1, 0.15) is 0 Å². The van der Waals surface area contributed by atoms with E-state index in [4.69, 9.17) is 0 Å². The van der Waals surface area contributed by atoms with Gasteiger partial charge in [-0.15, -0.1) is 0 Å². The van der Waals surface area contributed by atoms with E-state index in [0.717, 1.165) is 18.4 Å². The molecule has 0 amide bonds. The van der Waals surface area contributed by atoms with Crippen molar-refractivity contribution in [2.24, 2.45) is 11.8 Å². The van der Waals surface area contributed by atoms with Gasteiger partial charge in [0.15, 0.2) is 0 Å². The highest BCUT2D eigenvalue weighted by Crippen LogP contribution is 2.15. The number of aryl methyl sites for hydroxylation is 1. The Morgan fingerprint density at radius 3 is 2.37 bits per heavy atom. The van der Waals surface area contributed by atoms with Gasteiger partial charge in [-0.05, 0) is 56.2 Å². The number of rotatable bonds is 10. The van der Waals surface area contributed by atoms with Crippen molar-refractivity contribution in [3.8, 4) is 0 Å². The Balaban J connectivity index is 2.21. The van der Waals surface area contributed by atoms with Crippen LogP contribution in [0.25, 0.3) is 0 Å². The molecule has 1 heteroatoms. The van der Waals surface area contributed by atoms with Gasteiger partial charge in [0.2, 0.25) is 0 Å². The minimum absolute atomic E-state index is 0.756. The van der Waals surface area contributed by atoms with Gasteiger partial charge in [-0.3, -0.25) is 0 Å². The zero-order chi connectivity index (χ0) is 13.9. The summed E-state index contributed by atoms with van der Waals surface area (Å²) in [5.74, 6) is 1.61. The van der Waals surface area contributed by atoms with Gasteiger partial charge in [0.25, 0.3) is 0 Å². The topological polar surface area (TPSA) is 12.0 Å². The largest absolute Gasteiger partial charge is 0.316 e. The van der Waals surface area contributed by atoms with Crippen LogP contribution in [0.4, 0.5) is 0 Å². The van der Waals surface area contributed by atoms with Crippen LogP contribution < -0.4 is 5.32 Å². The maximum absolute atomic E-state index is 3.62. The van der Waals surface area contributed by atoms with Crippen molar-refractivity contribution in [2.45, 2.75) is 52.9 Å². The molecule has 108 valence electrons. The van der Waals surface area contributed by atoms with Gasteiger partial charge in [-0.2, -0.15) is 0 Å². The van der Waals surface area contributed by atoms with Crippen LogP contribution in [0.5, 0.6) is 0 Å². The van der Waals surface area contributed by atoms with Crippen LogP contribution in [0.2, 0.25) is 0 Å². The average molecular weight is 261 g/mol. The maximum atomic E-state index is 3.62. The lowest BCUT2D eigenvalue weighted by molar-refractivity contribution is 0.392. The zero-order valence-electron chi connectivity index (χ0n) is 13.0. The van der Waals surface area contributed by atoms with Gasteiger partial charge in [-0.25, -0.2) is 0 Å². The summed E-state index contributed by atoms with van der Waals surface area (Å²) in [7, 11) is 0. The van der Waals surface area contributed by atoms with Gasteiger partial charge in [0, 0.05) is 0 Å². The number of nitrogens with one attached hydrogen (secondary N) is 1. The second-order valence-corrected chi connectivity index (χ2v) is 6.08. The molecule has 1 nitrogen and oxygen atoms in total. The highest BCUT2D eigenvalue weighted by molar-refractivity contribution is 5.14. The molecule has 0 saturated carbocycles. The van der Waals surface area contributed by atoms with Gasteiger partial charge < -0.3 is 5.32 Å². The highest BCUT2D eigenvalue weighted by Gasteiger charge is 2.07. The molecule has 0 aliphatic rings. The molecule has 0 fully saturated rings. The predicted octanol–water partition coefficient (Wildman–Crippen LogP) is 4.67. The smallest absolute Gasteiger partial charge is 0.00204 e. The molecule has 19 heavy (non-hydrogen) atoms. The van der Waals surface area contributed by atoms with E-state index in [1.165, 1.54) is 44.2 Å². The van der Waals surface area contributed by atoms with E-state index < -0.39 is 0 Å². The van der Waals surface area contributed by atoms with Crippen LogP contribution >= 0.6 is 0 Å². The summed E-state index contributed by atoms with van der Waals surface area (Å²) in [5, 5.41) is 3.62. The second-order valence-electron chi connectivity index (χ2n) is 6.08. The van der Waals surface area contributed by atoms with Crippen molar-refractivity contribution >= 4 is 0 Å². The molecule has 0 aromatic heterocycles. The third-order valence-electron chi connectivity index (χ3n) is 3.60. The Kier molecular flexibility index (Phi) is 8.57. The molecular formula is C18H31N. The lowest BCUT2D eigenvalue weighted by Gasteiger charge is -2.18. The van der Waals surface area contributed by atoms with Gasteiger partial charge in [-0.1, -0.05) is 57.5 Å². The molecule has 0 spiro atoms. The quantitative estimate of drug-likeness (QED) is 0.645. The summed E-state index contributed by atoms with van der Waals surface area (Å²) in [6.45, 7) is 9.20. The molecule has 0 aliphatic carbocycles.